The van der Waals surface area contributed by atoms with Gasteiger partial charge in [-0.15, -0.1) is 0 Å². The largest absolute Gasteiger partial charge is 0.323 e. The molecule has 264 valence electrons. The average Bonchev–Trinajstić information content (AvgIpc) is 3.08. The molecule has 2 aliphatic carbocycles. The maximum Gasteiger partial charge on any atom is 0.323 e. The quantitative estimate of drug-likeness (QED) is 0.132. The first kappa shape index (κ1) is 35.6. The van der Waals surface area contributed by atoms with Gasteiger partial charge in [0.05, 0.1) is 21.2 Å². The minimum absolute atomic E-state index is 0.0904. The molecule has 0 heterocycles. The Morgan fingerprint density at radius 1 is 0.538 bits per heavy atom. The van der Waals surface area contributed by atoms with E-state index < -0.39 is 59.4 Å². The summed E-state index contributed by atoms with van der Waals surface area (Å²) in [7, 11) is -9.26. The molecule has 0 unspecified atom stereocenters. The zero-order valence-corrected chi connectivity index (χ0v) is 28.2. The molecule has 0 saturated heterocycles. The Morgan fingerprint density at radius 2 is 0.904 bits per heavy atom. The second kappa shape index (κ2) is 13.8. The summed E-state index contributed by atoms with van der Waals surface area (Å²) in [6.45, 7) is 0. The molecule has 0 radical (unpaired) electrons. The van der Waals surface area contributed by atoms with E-state index in [1.54, 1.807) is 0 Å². The summed E-state index contributed by atoms with van der Waals surface area (Å²) in [5, 5.41) is 10.2. The van der Waals surface area contributed by atoms with Gasteiger partial charge in [-0.3, -0.25) is 28.3 Å². The van der Waals surface area contributed by atoms with E-state index in [0.29, 0.717) is 11.1 Å². The number of carbonyl (C=O) groups excluding carboxylic acids is 5. The van der Waals surface area contributed by atoms with Crippen LogP contribution in [0.1, 0.15) is 52.6 Å². The first-order chi connectivity index (χ1) is 24.6. The molecule has 15 nitrogen and oxygen atoms in total. The fourth-order valence-electron chi connectivity index (χ4n) is 5.59. The lowest BCUT2D eigenvalue weighted by Crippen LogP contribution is -2.20. The van der Waals surface area contributed by atoms with Crippen molar-refractivity contribution in [3.05, 3.63) is 130 Å². The molecule has 2 aliphatic rings. The van der Waals surface area contributed by atoms with Gasteiger partial charge in [0.1, 0.15) is 0 Å². The van der Waals surface area contributed by atoms with Crippen molar-refractivity contribution in [3.63, 3.8) is 0 Å². The Kier molecular flexibility index (Phi) is 9.44. The second-order valence-corrected chi connectivity index (χ2v) is 14.4. The van der Waals surface area contributed by atoms with E-state index in [0.717, 1.165) is 12.1 Å². The maximum absolute atomic E-state index is 13.0. The molecule has 0 atom stereocenters. The Bertz CT molecular complexity index is 2320. The lowest BCUT2D eigenvalue weighted by molar-refractivity contribution is 0.101. The highest BCUT2D eigenvalue weighted by atomic mass is 32.2. The molecule has 0 aliphatic heterocycles. The van der Waals surface area contributed by atoms with Crippen LogP contribution in [-0.4, -0.2) is 55.4 Å². The summed E-state index contributed by atoms with van der Waals surface area (Å²) in [6, 6.07) is 14.9. The third kappa shape index (κ3) is 7.72. The van der Waals surface area contributed by atoms with Crippen molar-refractivity contribution in [1.29, 1.82) is 0 Å². The van der Waals surface area contributed by atoms with Crippen molar-refractivity contribution in [2.24, 2.45) is 0 Å². The molecular weight excluding hydrogens is 717 g/mol. The fourth-order valence-corrected chi connectivity index (χ4v) is 6.71. The number of fused-ring (bicyclic) bond motifs is 2. The lowest BCUT2D eigenvalue weighted by atomic mass is 9.94. The van der Waals surface area contributed by atoms with Gasteiger partial charge in [0, 0.05) is 33.6 Å². The third-order valence-electron chi connectivity index (χ3n) is 8.00. The minimum Gasteiger partial charge on any atom is -0.321 e. The smallest absolute Gasteiger partial charge is 0.321 e. The van der Waals surface area contributed by atoms with Crippen LogP contribution in [0.25, 0.3) is 0 Å². The normalized spacial score (nSPS) is 13.5. The fraction of sp³-hybridized carbons (Fsp3) is 0.0571. The van der Waals surface area contributed by atoms with Crippen LogP contribution >= 0.6 is 0 Å². The molecule has 6 N–H and O–H groups in total. The van der Waals surface area contributed by atoms with Crippen LogP contribution in [0.4, 0.5) is 27.5 Å². The van der Waals surface area contributed by atoms with Crippen molar-refractivity contribution in [3.8, 4) is 0 Å². The monoisotopic (exact) mass is 742 g/mol. The number of allylic oxidation sites excluding steroid dienone is 4. The first-order valence-electron chi connectivity index (χ1n) is 15.2. The van der Waals surface area contributed by atoms with Gasteiger partial charge in [0.25, 0.3) is 32.1 Å². The van der Waals surface area contributed by atoms with Gasteiger partial charge in [-0.2, -0.15) is 16.8 Å². The van der Waals surface area contributed by atoms with Crippen LogP contribution in [0.15, 0.2) is 107 Å². The van der Waals surface area contributed by atoms with E-state index in [1.165, 1.54) is 85.0 Å². The van der Waals surface area contributed by atoms with E-state index in [1.807, 2.05) is 0 Å². The number of anilines is 4. The minimum atomic E-state index is -4.63. The second-order valence-electron chi connectivity index (χ2n) is 11.5. The summed E-state index contributed by atoms with van der Waals surface area (Å²) in [6.07, 6.45) is 6.11. The van der Waals surface area contributed by atoms with Gasteiger partial charge in [0.15, 0.2) is 11.6 Å². The van der Waals surface area contributed by atoms with Crippen LogP contribution in [0.2, 0.25) is 0 Å². The number of rotatable bonds is 8. The van der Waals surface area contributed by atoms with Crippen molar-refractivity contribution in [2.45, 2.75) is 22.6 Å². The number of hydrogen-bond donors (Lipinski definition) is 6. The topological polar surface area (TPSA) is 242 Å². The van der Waals surface area contributed by atoms with Gasteiger partial charge in [-0.1, -0.05) is 12.2 Å². The number of ketones is 2. The van der Waals surface area contributed by atoms with Crippen molar-refractivity contribution in [2.75, 3.05) is 21.3 Å². The van der Waals surface area contributed by atoms with Crippen molar-refractivity contribution < 1.29 is 49.9 Å². The summed E-state index contributed by atoms with van der Waals surface area (Å²) >= 11 is 0. The molecule has 52 heavy (non-hydrogen) atoms. The molecule has 0 aromatic heterocycles. The number of hydrogen-bond acceptors (Lipinski definition) is 9. The van der Waals surface area contributed by atoms with Crippen LogP contribution in [-0.2, 0) is 33.1 Å². The molecule has 0 bridgehead atoms. The molecule has 4 amide bonds. The van der Waals surface area contributed by atoms with Crippen LogP contribution in [0.5, 0.6) is 0 Å². The maximum atomic E-state index is 13.0. The van der Waals surface area contributed by atoms with Gasteiger partial charge in [-0.05, 0) is 109 Å². The summed E-state index contributed by atoms with van der Waals surface area (Å²) in [5.41, 5.74) is 1.45. The van der Waals surface area contributed by atoms with Crippen molar-refractivity contribution >= 4 is 72.4 Å². The van der Waals surface area contributed by atoms with E-state index in [9.17, 15) is 49.9 Å². The molecule has 0 saturated carbocycles. The number of nitrogens with one attached hydrogen (secondary N) is 4. The zero-order chi connectivity index (χ0) is 37.4. The molecule has 4 aromatic rings. The zero-order valence-electron chi connectivity index (χ0n) is 26.5. The van der Waals surface area contributed by atoms with Gasteiger partial charge < -0.3 is 21.3 Å². The lowest BCUT2D eigenvalue weighted by Gasteiger charge is -2.17. The Morgan fingerprint density at radius 3 is 1.25 bits per heavy atom. The SMILES string of the molecule is O=C(Nc1ccc(C(=O)Nc2cc(S(=O)(=O)O)cc3c2C(=O)C=CC3)cc1)Nc1ccc(C(=O)Nc2cc(S(=O)(=O)O)cc3c2C(=O)C=CC3)cc1. The van der Waals surface area contributed by atoms with Gasteiger partial charge >= 0.3 is 6.03 Å². The Balaban J connectivity index is 1.09. The highest BCUT2D eigenvalue weighted by Gasteiger charge is 2.25. The third-order valence-corrected chi connectivity index (χ3v) is 9.66. The van der Waals surface area contributed by atoms with Crippen molar-refractivity contribution in [1.82, 2.24) is 0 Å². The Labute approximate surface area is 295 Å². The summed E-state index contributed by atoms with van der Waals surface area (Å²) in [4.78, 5) is 62.8. The van der Waals surface area contributed by atoms with Crippen LogP contribution in [0, 0.1) is 0 Å². The van der Waals surface area contributed by atoms with E-state index >= 15 is 0 Å². The number of benzene rings is 4. The van der Waals surface area contributed by atoms with E-state index in [4.69, 9.17) is 0 Å². The standard InChI is InChI=1S/C35H26N4O11S2/c40-29-5-1-3-21-15-25(51(45,46)47)17-27(31(21)29)38-33(42)19-7-11-23(12-8-19)36-35(44)37-24-13-9-20(10-14-24)34(43)39-28-18-26(52(48,49)50)16-22-4-2-6-30(41)32(22)28/h1-2,5-18H,3-4H2,(H,38,42)(H,39,43)(H2,36,37,44)(H,45,46,47)(H,48,49,50). The van der Waals surface area contributed by atoms with Crippen LogP contribution < -0.4 is 21.3 Å². The Hall–Kier alpha value is -6.27. The molecule has 6 rings (SSSR count). The van der Waals surface area contributed by atoms with Crippen LogP contribution in [0.3, 0.4) is 0 Å². The highest BCUT2D eigenvalue weighted by molar-refractivity contribution is 7.86. The molecule has 0 fully saturated rings. The average molecular weight is 743 g/mol. The number of carbonyl (C=O) groups is 5. The highest BCUT2D eigenvalue weighted by Crippen LogP contribution is 2.31. The number of urea groups is 1. The van der Waals surface area contributed by atoms with E-state index in [2.05, 4.69) is 21.3 Å². The molecule has 17 heteroatoms. The summed E-state index contributed by atoms with van der Waals surface area (Å²) in [5.74, 6) is -2.27. The predicted octanol–water partition coefficient (Wildman–Crippen LogP) is 4.92. The van der Waals surface area contributed by atoms with Gasteiger partial charge in [0.2, 0.25) is 0 Å². The van der Waals surface area contributed by atoms with Gasteiger partial charge in [-0.25, -0.2) is 4.79 Å². The molecular formula is C35H26N4O11S2. The molecule has 0 spiro atoms. The first-order valence-corrected chi connectivity index (χ1v) is 18.1. The predicted molar refractivity (Wildman–Crippen MR) is 188 cm³/mol. The number of amides is 4. The van der Waals surface area contributed by atoms with E-state index in [-0.39, 0.29) is 57.8 Å². The molecule has 4 aromatic carbocycles. The summed E-state index contributed by atoms with van der Waals surface area (Å²) < 4.78 is 66.2.